The first kappa shape index (κ1) is 23.0. The average Bonchev–Trinajstić information content (AvgIpc) is 3.20. The third-order valence-corrected chi connectivity index (χ3v) is 6.92. The summed E-state index contributed by atoms with van der Waals surface area (Å²) in [6, 6.07) is 3.70. The van der Waals surface area contributed by atoms with E-state index in [4.69, 9.17) is 9.47 Å². The van der Waals surface area contributed by atoms with Gasteiger partial charge in [-0.15, -0.1) is 0 Å². The Bertz CT molecular complexity index is 1020. The van der Waals surface area contributed by atoms with E-state index in [0.717, 1.165) is 23.7 Å². The van der Waals surface area contributed by atoms with Crippen molar-refractivity contribution in [3.63, 3.8) is 0 Å². The smallest absolute Gasteiger partial charge is 0.280 e. The number of carbonyl (C=O) groups excluding carboxylic acids is 1. The first-order chi connectivity index (χ1) is 14.8. The number of carbonyl (C=O) groups is 1. The van der Waals surface area contributed by atoms with Crippen molar-refractivity contribution in [2.45, 2.75) is 44.8 Å². The number of methoxy groups -OCH3 is 2. The Kier molecular flexibility index (Phi) is 7.19. The Balaban J connectivity index is 1.80. The molecule has 0 aliphatic carbocycles. The van der Waals surface area contributed by atoms with Crippen LogP contribution in [0.25, 0.3) is 0 Å². The number of nitrogens with one attached hydrogen (secondary N) is 2. The number of aryl methyl sites for hydroxylation is 1. The third kappa shape index (κ3) is 5.17. The molecule has 0 bridgehead atoms. The highest BCUT2D eigenvalue weighted by Crippen LogP contribution is 2.34. The molecule has 2 aromatic rings. The predicted molar refractivity (Wildman–Crippen MR) is 116 cm³/mol. The summed E-state index contributed by atoms with van der Waals surface area (Å²) in [5.41, 5.74) is 1.22. The SMILES string of the molecule is CCCCn1cc(NC(=O)C2CC(c3ccc(OC)c(OC)c3)NS(=O)(=O)N2C)cn1. The molecule has 2 N–H and O–H groups in total. The summed E-state index contributed by atoms with van der Waals surface area (Å²) in [5.74, 6) is 0.614. The van der Waals surface area contributed by atoms with Crippen LogP contribution >= 0.6 is 0 Å². The molecular weight excluding hydrogens is 422 g/mol. The van der Waals surface area contributed by atoms with Gasteiger partial charge in [0.2, 0.25) is 5.91 Å². The Morgan fingerprint density at radius 2 is 2.03 bits per heavy atom. The largest absolute Gasteiger partial charge is 0.493 e. The summed E-state index contributed by atoms with van der Waals surface area (Å²) in [6.45, 7) is 2.85. The van der Waals surface area contributed by atoms with Crippen molar-refractivity contribution >= 4 is 21.8 Å². The van der Waals surface area contributed by atoms with Crippen LogP contribution in [-0.4, -0.2) is 55.7 Å². The number of likely N-dealkylation sites (N-methyl/N-ethyl adjacent to an activating group) is 1. The van der Waals surface area contributed by atoms with Crippen LogP contribution in [0.5, 0.6) is 11.5 Å². The maximum atomic E-state index is 13.0. The molecule has 1 amide bonds. The van der Waals surface area contributed by atoms with E-state index in [9.17, 15) is 13.2 Å². The van der Waals surface area contributed by atoms with Crippen LogP contribution in [0.15, 0.2) is 30.6 Å². The van der Waals surface area contributed by atoms with Crippen molar-refractivity contribution in [3.05, 3.63) is 36.2 Å². The first-order valence-electron chi connectivity index (χ1n) is 10.1. The average molecular weight is 452 g/mol. The molecule has 1 fully saturated rings. The summed E-state index contributed by atoms with van der Waals surface area (Å²) in [4.78, 5) is 13.0. The lowest BCUT2D eigenvalue weighted by molar-refractivity contribution is -0.120. The van der Waals surface area contributed by atoms with Gasteiger partial charge in [0.25, 0.3) is 10.2 Å². The zero-order valence-electron chi connectivity index (χ0n) is 18.2. The van der Waals surface area contributed by atoms with Gasteiger partial charge in [0.05, 0.1) is 32.1 Å². The molecular formula is C20H29N5O5S. The minimum atomic E-state index is -3.86. The number of anilines is 1. The van der Waals surface area contributed by atoms with Gasteiger partial charge in [-0.2, -0.15) is 22.5 Å². The summed E-state index contributed by atoms with van der Waals surface area (Å²) in [6.07, 6.45) is 5.58. The molecule has 1 aromatic heterocycles. The Hall–Kier alpha value is -2.63. The molecule has 1 saturated heterocycles. The van der Waals surface area contributed by atoms with E-state index in [-0.39, 0.29) is 6.42 Å². The Labute approximate surface area is 182 Å². The number of unbranched alkanes of at least 4 members (excludes halogenated alkanes) is 1. The number of ether oxygens (including phenoxy) is 2. The normalized spacial score (nSPS) is 20.9. The highest BCUT2D eigenvalue weighted by atomic mass is 32.2. The molecule has 10 nitrogen and oxygen atoms in total. The monoisotopic (exact) mass is 451 g/mol. The van der Waals surface area contributed by atoms with Crippen molar-refractivity contribution in [1.29, 1.82) is 0 Å². The zero-order chi connectivity index (χ0) is 22.6. The van der Waals surface area contributed by atoms with Crippen LogP contribution in [0.2, 0.25) is 0 Å². The van der Waals surface area contributed by atoms with E-state index in [1.165, 1.54) is 21.3 Å². The minimum Gasteiger partial charge on any atom is -0.493 e. The van der Waals surface area contributed by atoms with Gasteiger partial charge >= 0.3 is 0 Å². The topological polar surface area (TPSA) is 115 Å². The van der Waals surface area contributed by atoms with Crippen molar-refractivity contribution in [1.82, 2.24) is 18.8 Å². The molecule has 1 aliphatic rings. The van der Waals surface area contributed by atoms with Crippen LogP contribution in [0.1, 0.15) is 37.8 Å². The molecule has 2 atom stereocenters. The number of nitrogens with zero attached hydrogens (tertiary/aromatic N) is 3. The van der Waals surface area contributed by atoms with Gasteiger partial charge in [-0.05, 0) is 30.5 Å². The molecule has 31 heavy (non-hydrogen) atoms. The lowest BCUT2D eigenvalue weighted by Gasteiger charge is -2.36. The quantitative estimate of drug-likeness (QED) is 0.634. The lowest BCUT2D eigenvalue weighted by atomic mass is 9.99. The minimum absolute atomic E-state index is 0.251. The second kappa shape index (κ2) is 9.67. The second-order valence-electron chi connectivity index (χ2n) is 7.39. The molecule has 11 heteroatoms. The lowest BCUT2D eigenvalue weighted by Crippen LogP contribution is -2.55. The maximum absolute atomic E-state index is 13.0. The number of rotatable bonds is 8. The molecule has 1 aromatic carbocycles. The van der Waals surface area contributed by atoms with Gasteiger partial charge in [0.1, 0.15) is 6.04 Å². The van der Waals surface area contributed by atoms with Crippen molar-refractivity contribution < 1.29 is 22.7 Å². The summed E-state index contributed by atoms with van der Waals surface area (Å²) in [7, 11) is 0.573. The molecule has 2 unspecified atom stereocenters. The Morgan fingerprint density at radius 3 is 2.71 bits per heavy atom. The van der Waals surface area contributed by atoms with Crippen molar-refractivity contribution in [2.24, 2.45) is 0 Å². The van der Waals surface area contributed by atoms with E-state index >= 15 is 0 Å². The van der Waals surface area contributed by atoms with Crippen molar-refractivity contribution in [3.8, 4) is 11.5 Å². The number of aromatic nitrogens is 2. The zero-order valence-corrected chi connectivity index (χ0v) is 19.0. The number of hydrogen-bond donors (Lipinski definition) is 2. The van der Waals surface area contributed by atoms with Crippen LogP contribution in [0.3, 0.4) is 0 Å². The molecule has 2 heterocycles. The van der Waals surface area contributed by atoms with Gasteiger partial charge in [0, 0.05) is 19.8 Å². The van der Waals surface area contributed by atoms with Crippen LogP contribution in [0.4, 0.5) is 5.69 Å². The highest BCUT2D eigenvalue weighted by Gasteiger charge is 2.40. The van der Waals surface area contributed by atoms with Crippen molar-refractivity contribution in [2.75, 3.05) is 26.6 Å². The van der Waals surface area contributed by atoms with Gasteiger partial charge in [-0.25, -0.2) is 0 Å². The van der Waals surface area contributed by atoms with Gasteiger partial charge in [-0.3, -0.25) is 9.48 Å². The highest BCUT2D eigenvalue weighted by molar-refractivity contribution is 7.87. The summed E-state index contributed by atoms with van der Waals surface area (Å²) in [5, 5.41) is 7.02. The number of amides is 1. The van der Waals surface area contributed by atoms with E-state index in [1.807, 2.05) is 0 Å². The summed E-state index contributed by atoms with van der Waals surface area (Å²) < 4.78 is 41.4. The summed E-state index contributed by atoms with van der Waals surface area (Å²) >= 11 is 0. The van der Waals surface area contributed by atoms with Gasteiger partial charge in [0.15, 0.2) is 11.5 Å². The molecule has 170 valence electrons. The fourth-order valence-electron chi connectivity index (χ4n) is 3.49. The standard InChI is InChI=1S/C20H29N5O5S/c1-5-6-9-25-13-15(12-21-25)22-20(26)17-11-16(23-31(27,28)24(17)2)14-7-8-18(29-3)19(10-14)30-4/h7-8,10,12-13,16-17,23H,5-6,9,11H2,1-4H3,(H,22,26). The fraction of sp³-hybridized carbons (Fsp3) is 0.500. The predicted octanol–water partition coefficient (Wildman–Crippen LogP) is 1.92. The van der Waals surface area contributed by atoms with Crippen LogP contribution in [0, 0.1) is 0 Å². The fourth-order valence-corrected chi connectivity index (χ4v) is 4.77. The van der Waals surface area contributed by atoms with E-state index in [0.29, 0.717) is 22.7 Å². The van der Waals surface area contributed by atoms with E-state index in [1.54, 1.807) is 35.3 Å². The number of benzene rings is 1. The van der Waals surface area contributed by atoms with Crippen LogP contribution in [-0.2, 0) is 21.5 Å². The molecule has 3 rings (SSSR count). The molecule has 0 radical (unpaired) electrons. The second-order valence-corrected chi connectivity index (χ2v) is 9.15. The van der Waals surface area contributed by atoms with E-state index < -0.39 is 28.2 Å². The first-order valence-corrected chi connectivity index (χ1v) is 11.5. The van der Waals surface area contributed by atoms with Crippen LogP contribution < -0.4 is 19.5 Å². The molecule has 0 saturated carbocycles. The maximum Gasteiger partial charge on any atom is 0.280 e. The molecule has 1 aliphatic heterocycles. The third-order valence-electron chi connectivity index (χ3n) is 5.32. The van der Waals surface area contributed by atoms with E-state index in [2.05, 4.69) is 22.1 Å². The number of hydrogen-bond acceptors (Lipinski definition) is 6. The Morgan fingerprint density at radius 1 is 1.29 bits per heavy atom. The van der Waals surface area contributed by atoms with Gasteiger partial charge < -0.3 is 14.8 Å². The van der Waals surface area contributed by atoms with Gasteiger partial charge in [-0.1, -0.05) is 19.4 Å². The molecule has 0 spiro atoms.